The van der Waals surface area contributed by atoms with Crippen LogP contribution >= 0.6 is 11.8 Å². The van der Waals surface area contributed by atoms with Crippen molar-refractivity contribution in [3.8, 4) is 16.9 Å². The number of thioether (sulfide) groups is 1. The van der Waals surface area contributed by atoms with Gasteiger partial charge in [-0.3, -0.25) is 4.79 Å². The van der Waals surface area contributed by atoms with E-state index in [1.165, 1.54) is 17.0 Å². The molecule has 3 aromatic rings. The summed E-state index contributed by atoms with van der Waals surface area (Å²) in [5.74, 6) is 1.04. The Hall–Kier alpha value is -3.19. The SMILES string of the molecule is CC(=O)O.CCSc1ccc(OC/C=C(\C)c2ccc(-c3ccc(C(F)(F)F)cc3)cc2)cc1. The molecular formula is C27H27F3O3S. The molecule has 0 atom stereocenters. The molecule has 0 aromatic heterocycles. The maximum absolute atomic E-state index is 12.7. The average molecular weight is 489 g/mol. The highest BCUT2D eigenvalue weighted by Crippen LogP contribution is 2.31. The quantitative estimate of drug-likeness (QED) is 0.342. The summed E-state index contributed by atoms with van der Waals surface area (Å²) >= 11 is 1.79. The fraction of sp³-hybridized carbons (Fsp3) is 0.222. The predicted molar refractivity (Wildman–Crippen MR) is 132 cm³/mol. The van der Waals surface area contributed by atoms with Crippen LogP contribution in [0.15, 0.2) is 83.8 Å². The third kappa shape index (κ3) is 8.98. The number of hydrogen-bond acceptors (Lipinski definition) is 3. The molecule has 3 nitrogen and oxygen atoms in total. The molecule has 0 saturated carbocycles. The Kier molecular flexibility index (Phi) is 10.3. The highest BCUT2D eigenvalue weighted by molar-refractivity contribution is 7.99. The van der Waals surface area contributed by atoms with Crippen molar-refractivity contribution in [2.45, 2.75) is 31.8 Å². The minimum atomic E-state index is -4.32. The van der Waals surface area contributed by atoms with Gasteiger partial charge in [0.15, 0.2) is 0 Å². The Bertz CT molecular complexity index is 1070. The normalized spacial score (nSPS) is 11.4. The van der Waals surface area contributed by atoms with Crippen molar-refractivity contribution in [3.63, 3.8) is 0 Å². The molecule has 1 N–H and O–H groups in total. The Morgan fingerprint density at radius 2 is 1.41 bits per heavy atom. The molecule has 3 rings (SSSR count). The van der Waals surface area contributed by atoms with E-state index in [4.69, 9.17) is 14.6 Å². The minimum absolute atomic E-state index is 0.465. The fourth-order valence-corrected chi connectivity index (χ4v) is 3.62. The van der Waals surface area contributed by atoms with Gasteiger partial charge in [-0.25, -0.2) is 0 Å². The maximum Gasteiger partial charge on any atom is 0.416 e. The maximum atomic E-state index is 12.7. The van der Waals surface area contributed by atoms with Crippen molar-refractivity contribution in [3.05, 3.63) is 90.0 Å². The van der Waals surface area contributed by atoms with E-state index in [2.05, 4.69) is 19.1 Å². The molecule has 180 valence electrons. The summed E-state index contributed by atoms with van der Waals surface area (Å²) in [5, 5.41) is 7.42. The second-order valence-electron chi connectivity index (χ2n) is 7.27. The van der Waals surface area contributed by atoms with Crippen LogP contribution in [0.1, 0.15) is 31.9 Å². The van der Waals surface area contributed by atoms with Crippen LogP contribution in [-0.2, 0) is 11.0 Å². The highest BCUT2D eigenvalue weighted by atomic mass is 32.2. The Balaban J connectivity index is 0.000000945. The topological polar surface area (TPSA) is 46.5 Å². The van der Waals surface area contributed by atoms with Crippen LogP contribution < -0.4 is 4.74 Å². The molecule has 0 unspecified atom stereocenters. The number of alkyl halides is 3. The van der Waals surface area contributed by atoms with E-state index in [9.17, 15) is 13.2 Å². The average Bonchev–Trinajstić information content (AvgIpc) is 2.80. The van der Waals surface area contributed by atoms with Crippen molar-refractivity contribution < 1.29 is 27.8 Å². The number of allylic oxidation sites excluding steroid dienone is 1. The van der Waals surface area contributed by atoms with Gasteiger partial charge < -0.3 is 9.84 Å². The van der Waals surface area contributed by atoms with Crippen molar-refractivity contribution in [1.29, 1.82) is 0 Å². The molecule has 0 bridgehead atoms. The molecule has 0 saturated heterocycles. The lowest BCUT2D eigenvalue weighted by molar-refractivity contribution is -0.137. The van der Waals surface area contributed by atoms with Crippen LogP contribution in [0.5, 0.6) is 5.75 Å². The van der Waals surface area contributed by atoms with Gasteiger partial charge in [0.2, 0.25) is 0 Å². The van der Waals surface area contributed by atoms with Gasteiger partial charge in [-0.1, -0.05) is 43.3 Å². The standard InChI is InChI=1S/C25H23F3OS.C2H4O2/c1-3-30-24-14-12-23(13-15-24)29-17-16-18(2)19-4-6-20(7-5-19)21-8-10-22(11-9-21)25(26,27)28;1-2(3)4/h4-16H,3,17H2,1-2H3;1H3,(H,3,4)/b18-16+;. The largest absolute Gasteiger partial charge is 0.490 e. The first-order chi connectivity index (χ1) is 16.1. The number of carboxylic acids is 1. The number of halogens is 3. The van der Waals surface area contributed by atoms with Crippen LogP contribution in [0.2, 0.25) is 0 Å². The lowest BCUT2D eigenvalue weighted by atomic mass is 10.00. The first kappa shape index (κ1) is 27.1. The number of carbonyl (C=O) groups is 1. The molecule has 0 spiro atoms. The van der Waals surface area contributed by atoms with Gasteiger partial charge in [-0.15, -0.1) is 11.8 Å². The van der Waals surface area contributed by atoms with Crippen molar-refractivity contribution in [1.82, 2.24) is 0 Å². The van der Waals surface area contributed by atoms with E-state index in [0.29, 0.717) is 6.61 Å². The molecule has 0 amide bonds. The Labute approximate surface area is 202 Å². The lowest BCUT2D eigenvalue weighted by Crippen LogP contribution is -2.03. The number of hydrogen-bond donors (Lipinski definition) is 1. The predicted octanol–water partition coefficient (Wildman–Crippen LogP) is 8.06. The molecular weight excluding hydrogens is 461 g/mol. The number of rotatable bonds is 7. The van der Waals surface area contributed by atoms with Crippen LogP contribution in [0.3, 0.4) is 0 Å². The third-order valence-corrected chi connectivity index (χ3v) is 5.55. The fourth-order valence-electron chi connectivity index (χ4n) is 2.96. The van der Waals surface area contributed by atoms with Crippen molar-refractivity contribution >= 4 is 23.3 Å². The van der Waals surface area contributed by atoms with E-state index in [1.807, 2.05) is 49.4 Å². The lowest BCUT2D eigenvalue weighted by Gasteiger charge is -2.09. The van der Waals surface area contributed by atoms with E-state index in [1.54, 1.807) is 11.8 Å². The van der Waals surface area contributed by atoms with Gasteiger partial charge in [0, 0.05) is 11.8 Å². The second-order valence-corrected chi connectivity index (χ2v) is 8.61. The molecule has 34 heavy (non-hydrogen) atoms. The van der Waals surface area contributed by atoms with E-state index < -0.39 is 17.7 Å². The van der Waals surface area contributed by atoms with Crippen molar-refractivity contribution in [2.75, 3.05) is 12.4 Å². The van der Waals surface area contributed by atoms with Gasteiger partial charge >= 0.3 is 6.18 Å². The summed E-state index contributed by atoms with van der Waals surface area (Å²) in [4.78, 5) is 10.2. The van der Waals surface area contributed by atoms with Crippen LogP contribution in [-0.4, -0.2) is 23.4 Å². The van der Waals surface area contributed by atoms with Crippen LogP contribution in [0.25, 0.3) is 16.7 Å². The highest BCUT2D eigenvalue weighted by Gasteiger charge is 2.29. The van der Waals surface area contributed by atoms with Gasteiger partial charge in [0.25, 0.3) is 5.97 Å². The zero-order chi connectivity index (χ0) is 25.1. The first-order valence-electron chi connectivity index (χ1n) is 10.6. The van der Waals surface area contributed by atoms with E-state index in [-0.39, 0.29) is 0 Å². The molecule has 0 aliphatic heterocycles. The van der Waals surface area contributed by atoms with E-state index >= 15 is 0 Å². The van der Waals surface area contributed by atoms with Crippen LogP contribution in [0.4, 0.5) is 13.2 Å². The van der Waals surface area contributed by atoms with Gasteiger partial charge in [0.1, 0.15) is 12.4 Å². The van der Waals surface area contributed by atoms with Crippen LogP contribution in [0, 0.1) is 0 Å². The molecule has 3 aromatic carbocycles. The summed E-state index contributed by atoms with van der Waals surface area (Å²) in [6, 6.07) is 21.0. The molecule has 0 aliphatic carbocycles. The number of aliphatic carboxylic acids is 1. The summed E-state index contributed by atoms with van der Waals surface area (Å²) < 4.78 is 43.9. The number of carboxylic acid groups (broad SMARTS) is 1. The third-order valence-electron chi connectivity index (χ3n) is 4.66. The van der Waals surface area contributed by atoms with Gasteiger partial charge in [-0.05, 0) is 77.4 Å². The molecule has 7 heteroatoms. The first-order valence-corrected chi connectivity index (χ1v) is 11.6. The van der Waals surface area contributed by atoms with E-state index in [0.717, 1.165) is 52.8 Å². The van der Waals surface area contributed by atoms with Gasteiger partial charge in [-0.2, -0.15) is 13.2 Å². The smallest absolute Gasteiger partial charge is 0.416 e. The van der Waals surface area contributed by atoms with Gasteiger partial charge in [0.05, 0.1) is 5.56 Å². The zero-order valence-corrected chi connectivity index (χ0v) is 20.0. The minimum Gasteiger partial charge on any atom is -0.490 e. The molecule has 0 radical (unpaired) electrons. The number of ether oxygens (including phenoxy) is 1. The number of benzene rings is 3. The summed E-state index contributed by atoms with van der Waals surface area (Å²) in [6.45, 7) is 5.68. The molecule has 0 fully saturated rings. The second kappa shape index (κ2) is 12.9. The summed E-state index contributed by atoms with van der Waals surface area (Å²) in [5.41, 5.74) is 3.11. The van der Waals surface area contributed by atoms with Crippen molar-refractivity contribution in [2.24, 2.45) is 0 Å². The Morgan fingerprint density at radius 3 is 1.88 bits per heavy atom. The molecule has 0 aliphatic rings. The molecule has 0 heterocycles. The Morgan fingerprint density at radius 1 is 0.912 bits per heavy atom. The monoisotopic (exact) mass is 488 g/mol. The summed E-state index contributed by atoms with van der Waals surface area (Å²) in [6.07, 6.45) is -2.30. The summed E-state index contributed by atoms with van der Waals surface area (Å²) in [7, 11) is 0. The zero-order valence-electron chi connectivity index (χ0n) is 19.2.